The molecule has 3 aromatic rings. The molecule has 0 unspecified atom stereocenters. The fourth-order valence-electron chi connectivity index (χ4n) is 3.49. The molecule has 168 valence electrons. The number of benzene rings is 2. The van der Waals surface area contributed by atoms with E-state index >= 15 is 0 Å². The number of hydrogen-bond acceptors (Lipinski definition) is 6. The van der Waals surface area contributed by atoms with Crippen LogP contribution in [-0.4, -0.2) is 39.2 Å². The van der Waals surface area contributed by atoms with E-state index in [0.717, 1.165) is 12.8 Å². The lowest BCUT2D eigenvalue weighted by molar-refractivity contribution is -0.128. The molecule has 1 aromatic heterocycles. The van der Waals surface area contributed by atoms with E-state index in [9.17, 15) is 9.59 Å². The van der Waals surface area contributed by atoms with Gasteiger partial charge in [0.1, 0.15) is 0 Å². The topological polar surface area (TPSA) is 103 Å². The summed E-state index contributed by atoms with van der Waals surface area (Å²) >= 11 is 1.22. The third-order valence-electron chi connectivity index (χ3n) is 5.18. The van der Waals surface area contributed by atoms with Gasteiger partial charge < -0.3 is 4.90 Å². The largest absolute Gasteiger partial charge is 0.340 e. The molecule has 1 heterocycles. The predicted octanol–water partition coefficient (Wildman–Crippen LogP) is 3.78. The Hall–Kier alpha value is -3.62. The number of rotatable bonds is 11. The number of amides is 1. The number of carbonyl (C=O) groups excluding carboxylic acids is 1. The second kappa shape index (κ2) is 12.4. The lowest BCUT2D eigenvalue weighted by Crippen LogP contribution is -2.34. The highest BCUT2D eigenvalue weighted by atomic mass is 32.2. The second-order valence-corrected chi connectivity index (χ2v) is 8.39. The van der Waals surface area contributed by atoms with Crippen LogP contribution in [0.15, 0.2) is 64.5 Å². The number of fused-ring (bicyclic) bond motifs is 1. The van der Waals surface area contributed by atoms with Crippen LogP contribution in [-0.2, 0) is 17.8 Å². The highest BCUT2D eigenvalue weighted by Gasteiger charge is 2.17. The van der Waals surface area contributed by atoms with Crippen molar-refractivity contribution in [1.29, 1.82) is 10.5 Å². The number of para-hydroxylation sites is 1. The lowest BCUT2D eigenvalue weighted by Gasteiger charge is -2.20. The maximum atomic E-state index is 13.2. The Bertz CT molecular complexity index is 1210. The van der Waals surface area contributed by atoms with E-state index in [1.54, 1.807) is 16.7 Å². The van der Waals surface area contributed by atoms with Gasteiger partial charge in [-0.2, -0.15) is 10.5 Å². The molecular formula is C25H25N5O2S. The van der Waals surface area contributed by atoms with Crippen molar-refractivity contribution >= 4 is 28.6 Å². The molecule has 0 saturated carbocycles. The van der Waals surface area contributed by atoms with Crippen LogP contribution in [0.3, 0.4) is 0 Å². The molecule has 0 bridgehead atoms. The van der Waals surface area contributed by atoms with Crippen molar-refractivity contribution < 1.29 is 4.79 Å². The van der Waals surface area contributed by atoms with E-state index in [1.165, 1.54) is 22.2 Å². The molecule has 0 radical (unpaired) electrons. The maximum absolute atomic E-state index is 13.2. The van der Waals surface area contributed by atoms with Crippen molar-refractivity contribution in [3.63, 3.8) is 0 Å². The fraction of sp³-hybridized carbons (Fsp3) is 0.320. The zero-order chi connectivity index (χ0) is 23.5. The minimum atomic E-state index is -0.177. The minimum Gasteiger partial charge on any atom is -0.340 e. The Morgan fingerprint density at radius 1 is 1.00 bits per heavy atom. The van der Waals surface area contributed by atoms with Gasteiger partial charge in [-0.25, -0.2) is 4.98 Å². The van der Waals surface area contributed by atoms with E-state index in [-0.39, 0.29) is 43.2 Å². The fourth-order valence-corrected chi connectivity index (χ4v) is 4.42. The number of aryl methyl sites for hydroxylation is 1. The van der Waals surface area contributed by atoms with Crippen LogP contribution in [0.5, 0.6) is 0 Å². The van der Waals surface area contributed by atoms with E-state index in [0.29, 0.717) is 22.6 Å². The van der Waals surface area contributed by atoms with Gasteiger partial charge in [-0.3, -0.25) is 14.2 Å². The monoisotopic (exact) mass is 459 g/mol. The molecule has 0 spiro atoms. The van der Waals surface area contributed by atoms with Gasteiger partial charge >= 0.3 is 0 Å². The third kappa shape index (κ3) is 6.68. The van der Waals surface area contributed by atoms with E-state index in [2.05, 4.69) is 17.1 Å². The van der Waals surface area contributed by atoms with Gasteiger partial charge in [-0.15, -0.1) is 0 Å². The summed E-state index contributed by atoms with van der Waals surface area (Å²) in [4.78, 5) is 32.1. The molecule has 2 aromatic carbocycles. The normalized spacial score (nSPS) is 10.5. The van der Waals surface area contributed by atoms with Crippen molar-refractivity contribution in [2.45, 2.75) is 37.4 Å². The highest BCUT2D eigenvalue weighted by Crippen LogP contribution is 2.19. The van der Waals surface area contributed by atoms with Gasteiger partial charge in [-0.05, 0) is 30.5 Å². The molecule has 0 aliphatic carbocycles. The Morgan fingerprint density at radius 2 is 1.67 bits per heavy atom. The van der Waals surface area contributed by atoms with Crippen LogP contribution in [0.4, 0.5) is 0 Å². The quantitative estimate of drug-likeness (QED) is 0.319. The molecule has 8 heteroatoms. The number of carbonyl (C=O) groups is 1. The zero-order valence-electron chi connectivity index (χ0n) is 18.3. The summed E-state index contributed by atoms with van der Waals surface area (Å²) in [5.74, 6) is -0.0934. The van der Waals surface area contributed by atoms with Crippen molar-refractivity contribution in [3.05, 3.63) is 70.5 Å². The summed E-state index contributed by atoms with van der Waals surface area (Å²) in [6.45, 7) is 1.06. The first-order valence-electron chi connectivity index (χ1n) is 10.8. The summed E-state index contributed by atoms with van der Waals surface area (Å²) < 4.78 is 1.65. The Labute approximate surface area is 197 Å². The summed E-state index contributed by atoms with van der Waals surface area (Å²) in [6, 6.07) is 21.4. The van der Waals surface area contributed by atoms with Crippen molar-refractivity contribution in [1.82, 2.24) is 14.5 Å². The number of aromatic nitrogens is 2. The van der Waals surface area contributed by atoms with Crippen molar-refractivity contribution in [2.24, 2.45) is 0 Å². The Morgan fingerprint density at radius 3 is 2.36 bits per heavy atom. The zero-order valence-corrected chi connectivity index (χ0v) is 19.1. The maximum Gasteiger partial charge on any atom is 0.262 e. The van der Waals surface area contributed by atoms with Gasteiger partial charge in [0.25, 0.3) is 5.56 Å². The summed E-state index contributed by atoms with van der Waals surface area (Å²) in [5, 5.41) is 18.8. The number of thioether (sulfide) groups is 1. The first-order valence-corrected chi connectivity index (χ1v) is 11.8. The molecule has 0 aliphatic heterocycles. The third-order valence-corrected chi connectivity index (χ3v) is 6.14. The minimum absolute atomic E-state index is 0.0837. The van der Waals surface area contributed by atoms with Gasteiger partial charge in [0.15, 0.2) is 5.16 Å². The molecular weight excluding hydrogens is 434 g/mol. The molecule has 1 amide bonds. The predicted molar refractivity (Wildman–Crippen MR) is 129 cm³/mol. The summed E-state index contributed by atoms with van der Waals surface area (Å²) in [5.41, 5.74) is 1.69. The molecule has 3 rings (SSSR count). The molecule has 0 N–H and O–H groups in total. The van der Waals surface area contributed by atoms with Crippen LogP contribution in [0.2, 0.25) is 0 Å². The molecule has 0 fully saturated rings. The average Bonchev–Trinajstić information content (AvgIpc) is 2.85. The van der Waals surface area contributed by atoms with Crippen LogP contribution < -0.4 is 5.56 Å². The van der Waals surface area contributed by atoms with Gasteiger partial charge in [0.05, 0.1) is 41.6 Å². The van der Waals surface area contributed by atoms with E-state index in [1.807, 2.05) is 42.5 Å². The van der Waals surface area contributed by atoms with Crippen LogP contribution >= 0.6 is 11.8 Å². The van der Waals surface area contributed by atoms with E-state index in [4.69, 9.17) is 10.5 Å². The van der Waals surface area contributed by atoms with Crippen LogP contribution in [0.1, 0.15) is 24.8 Å². The van der Waals surface area contributed by atoms with Gasteiger partial charge in [0, 0.05) is 19.6 Å². The Kier molecular flexibility index (Phi) is 9.05. The smallest absolute Gasteiger partial charge is 0.262 e. The summed E-state index contributed by atoms with van der Waals surface area (Å²) in [7, 11) is 0. The average molecular weight is 460 g/mol. The number of hydrogen-bond donors (Lipinski definition) is 0. The first kappa shape index (κ1) is 24.0. The highest BCUT2D eigenvalue weighted by molar-refractivity contribution is 7.99. The van der Waals surface area contributed by atoms with Crippen LogP contribution in [0, 0.1) is 22.7 Å². The molecule has 7 nitrogen and oxygen atoms in total. The molecule has 33 heavy (non-hydrogen) atoms. The molecule has 0 saturated heterocycles. The van der Waals surface area contributed by atoms with Crippen molar-refractivity contribution in [2.75, 3.05) is 18.8 Å². The second-order valence-electron chi connectivity index (χ2n) is 7.44. The first-order chi connectivity index (χ1) is 16.1. The number of nitriles is 2. The SMILES string of the molecule is N#CCCN(CCC#N)C(=O)CSc1nc2ccccc2c(=O)n1CCCc1ccccc1. The summed E-state index contributed by atoms with van der Waals surface area (Å²) in [6.07, 6.45) is 2.02. The Balaban J connectivity index is 1.79. The standard InChI is InChI=1S/C25H25N5O2S/c26-14-7-16-29(17-8-15-27)23(31)19-33-25-28-22-13-5-4-12-21(22)24(32)30(25)18-6-11-20-9-2-1-3-10-20/h1-5,9-10,12-13H,6-8,11,16-19H2. The van der Waals surface area contributed by atoms with Gasteiger partial charge in [-0.1, -0.05) is 54.2 Å². The molecule has 0 atom stereocenters. The molecule has 0 aliphatic rings. The van der Waals surface area contributed by atoms with Crippen molar-refractivity contribution in [3.8, 4) is 12.1 Å². The number of nitrogens with zero attached hydrogens (tertiary/aromatic N) is 5. The van der Waals surface area contributed by atoms with Gasteiger partial charge in [0.2, 0.25) is 5.91 Å². The lowest BCUT2D eigenvalue weighted by atomic mass is 10.1. The van der Waals surface area contributed by atoms with E-state index < -0.39 is 0 Å². The van der Waals surface area contributed by atoms with Crippen LogP contribution in [0.25, 0.3) is 10.9 Å².